The van der Waals surface area contributed by atoms with Gasteiger partial charge in [0, 0.05) is 12.1 Å². The van der Waals surface area contributed by atoms with Gasteiger partial charge in [-0.2, -0.15) is 0 Å². The van der Waals surface area contributed by atoms with Gasteiger partial charge >= 0.3 is 0 Å². The predicted molar refractivity (Wildman–Crippen MR) is 140 cm³/mol. The van der Waals surface area contributed by atoms with Gasteiger partial charge in [-0.15, -0.1) is 12.4 Å². The van der Waals surface area contributed by atoms with Gasteiger partial charge in [0.05, 0.1) is 5.92 Å². The van der Waals surface area contributed by atoms with E-state index in [9.17, 15) is 4.79 Å². The lowest BCUT2D eigenvalue weighted by Crippen LogP contribution is -2.28. The van der Waals surface area contributed by atoms with Gasteiger partial charge in [0.25, 0.3) is 0 Å². The van der Waals surface area contributed by atoms with Gasteiger partial charge in [-0.1, -0.05) is 74.5 Å². The Morgan fingerprint density at radius 1 is 0.879 bits per heavy atom. The molecule has 0 heterocycles. The van der Waals surface area contributed by atoms with E-state index >= 15 is 0 Å². The average molecular weight is 466 g/mol. The Kier molecular flexibility index (Phi) is 10.6. The number of halogens is 1. The van der Waals surface area contributed by atoms with Crippen LogP contribution in [-0.4, -0.2) is 36.9 Å². The number of carbonyl (C=O) groups excluding carboxylic acids is 1. The van der Waals surface area contributed by atoms with Crippen molar-refractivity contribution in [3.63, 3.8) is 0 Å². The summed E-state index contributed by atoms with van der Waals surface area (Å²) in [4.78, 5) is 16.0. The van der Waals surface area contributed by atoms with E-state index < -0.39 is 0 Å². The zero-order valence-corrected chi connectivity index (χ0v) is 21.0. The Morgan fingerprint density at radius 2 is 1.42 bits per heavy atom. The summed E-state index contributed by atoms with van der Waals surface area (Å²) in [5.41, 5.74) is 5.00. The first kappa shape index (κ1) is 26.6. The van der Waals surface area contributed by atoms with Gasteiger partial charge < -0.3 is 9.64 Å². The Bertz CT molecular complexity index is 978. The molecule has 0 amide bonds. The lowest BCUT2D eigenvalue weighted by Gasteiger charge is -2.21. The zero-order valence-electron chi connectivity index (χ0n) is 20.2. The number of aryl methyl sites for hydroxylation is 2. The summed E-state index contributed by atoms with van der Waals surface area (Å²) in [6.45, 7) is 12.0. The van der Waals surface area contributed by atoms with Crippen LogP contribution in [0.2, 0.25) is 0 Å². The molecule has 0 N–H and O–H groups in total. The second-order valence-electron chi connectivity index (χ2n) is 8.33. The molecule has 0 radical (unpaired) electrons. The van der Waals surface area contributed by atoms with E-state index in [0.717, 1.165) is 47.6 Å². The highest BCUT2D eigenvalue weighted by atomic mass is 35.5. The van der Waals surface area contributed by atoms with Crippen molar-refractivity contribution in [1.29, 1.82) is 0 Å². The van der Waals surface area contributed by atoms with E-state index in [1.165, 1.54) is 5.56 Å². The molecule has 0 saturated heterocycles. The maximum Gasteiger partial charge on any atom is 0.170 e. The molecule has 4 heteroatoms. The van der Waals surface area contributed by atoms with Crippen molar-refractivity contribution in [3.8, 4) is 5.75 Å². The summed E-state index contributed by atoms with van der Waals surface area (Å²) in [6, 6.07) is 24.3. The molecule has 0 aliphatic rings. The standard InChI is InChI=1S/C29H35NO2.ClH/c1-5-30(6-2)17-18-32-29-22(3)19-26(20-23(29)4)28(31)27(25-15-11-8-12-16-25)21-24-13-9-7-10-14-24;/h7-16,19-20,27H,5-6,17-18,21H2,1-4H3;1H. The highest BCUT2D eigenvalue weighted by Gasteiger charge is 2.24. The third-order valence-corrected chi connectivity index (χ3v) is 6.09. The monoisotopic (exact) mass is 465 g/mol. The van der Waals surface area contributed by atoms with Gasteiger partial charge in [-0.25, -0.2) is 0 Å². The van der Waals surface area contributed by atoms with Crippen LogP contribution in [0.4, 0.5) is 0 Å². The number of benzene rings is 3. The quantitative estimate of drug-likeness (QED) is 0.297. The number of ether oxygens (including phenoxy) is 1. The Hall–Kier alpha value is -2.62. The van der Waals surface area contributed by atoms with Crippen LogP contribution in [0, 0.1) is 13.8 Å². The molecular formula is C29H36ClNO2. The van der Waals surface area contributed by atoms with E-state index in [1.807, 2.05) is 62.4 Å². The largest absolute Gasteiger partial charge is 0.492 e. The molecule has 3 aromatic rings. The van der Waals surface area contributed by atoms with Crippen molar-refractivity contribution in [2.24, 2.45) is 0 Å². The van der Waals surface area contributed by atoms with Crippen molar-refractivity contribution in [2.75, 3.05) is 26.2 Å². The number of hydrogen-bond donors (Lipinski definition) is 0. The first-order valence-electron chi connectivity index (χ1n) is 11.6. The van der Waals surface area contributed by atoms with Crippen LogP contribution in [0.5, 0.6) is 5.75 Å². The fraction of sp³-hybridized carbons (Fsp3) is 0.345. The molecule has 1 atom stereocenters. The molecule has 3 aromatic carbocycles. The fourth-order valence-electron chi connectivity index (χ4n) is 4.24. The second kappa shape index (κ2) is 13.2. The minimum atomic E-state index is -0.216. The summed E-state index contributed by atoms with van der Waals surface area (Å²) in [7, 11) is 0. The molecule has 0 spiro atoms. The summed E-state index contributed by atoms with van der Waals surface area (Å²) in [5, 5.41) is 0. The third kappa shape index (κ3) is 7.18. The van der Waals surface area contributed by atoms with Gasteiger partial charge in [-0.3, -0.25) is 4.79 Å². The second-order valence-corrected chi connectivity index (χ2v) is 8.33. The van der Waals surface area contributed by atoms with Crippen molar-refractivity contribution in [2.45, 2.75) is 40.0 Å². The maximum atomic E-state index is 13.7. The number of Topliss-reactive ketones (excluding diaryl/α,β-unsaturated/α-hetero) is 1. The smallest absolute Gasteiger partial charge is 0.170 e. The number of ketones is 1. The molecular weight excluding hydrogens is 430 g/mol. The number of rotatable bonds is 11. The van der Waals surface area contributed by atoms with Crippen molar-refractivity contribution < 1.29 is 9.53 Å². The average Bonchev–Trinajstić information content (AvgIpc) is 2.82. The molecule has 33 heavy (non-hydrogen) atoms. The van der Waals surface area contributed by atoms with Crippen molar-refractivity contribution in [3.05, 3.63) is 101 Å². The number of carbonyl (C=O) groups is 1. The third-order valence-electron chi connectivity index (χ3n) is 6.09. The Morgan fingerprint density at radius 3 is 1.97 bits per heavy atom. The van der Waals surface area contributed by atoms with Crippen LogP contribution >= 0.6 is 12.4 Å². The predicted octanol–water partition coefficient (Wildman–Crippen LogP) is 6.66. The molecule has 0 aliphatic carbocycles. The fourth-order valence-corrected chi connectivity index (χ4v) is 4.24. The van der Waals surface area contributed by atoms with E-state index in [0.29, 0.717) is 13.0 Å². The summed E-state index contributed by atoms with van der Waals surface area (Å²) < 4.78 is 6.12. The molecule has 0 aliphatic heterocycles. The van der Waals surface area contributed by atoms with Gasteiger partial charge in [-0.05, 0) is 67.7 Å². The van der Waals surface area contributed by atoms with Crippen molar-refractivity contribution >= 4 is 18.2 Å². The van der Waals surface area contributed by atoms with E-state index in [4.69, 9.17) is 4.74 Å². The molecule has 176 valence electrons. The van der Waals surface area contributed by atoms with E-state index in [-0.39, 0.29) is 24.1 Å². The molecule has 3 nitrogen and oxygen atoms in total. The maximum absolute atomic E-state index is 13.7. The zero-order chi connectivity index (χ0) is 22.9. The summed E-state index contributed by atoms with van der Waals surface area (Å²) in [6.07, 6.45) is 0.684. The normalized spacial score (nSPS) is 11.7. The SMILES string of the molecule is CCN(CC)CCOc1c(C)cc(C(=O)C(Cc2ccccc2)c2ccccc2)cc1C.Cl. The van der Waals surface area contributed by atoms with Crippen LogP contribution in [0.25, 0.3) is 0 Å². The molecule has 1 unspecified atom stereocenters. The van der Waals surface area contributed by atoms with Crippen LogP contribution in [0.3, 0.4) is 0 Å². The van der Waals surface area contributed by atoms with Gasteiger partial charge in [0.2, 0.25) is 0 Å². The topological polar surface area (TPSA) is 29.5 Å². The highest BCUT2D eigenvalue weighted by Crippen LogP contribution is 2.30. The number of likely N-dealkylation sites (N-methyl/N-ethyl adjacent to an activating group) is 1. The Balaban J connectivity index is 0.00000385. The minimum absolute atomic E-state index is 0. The van der Waals surface area contributed by atoms with E-state index in [1.54, 1.807) is 0 Å². The van der Waals surface area contributed by atoms with Crippen LogP contribution in [-0.2, 0) is 6.42 Å². The number of hydrogen-bond acceptors (Lipinski definition) is 3. The lowest BCUT2D eigenvalue weighted by molar-refractivity contribution is 0.0958. The number of nitrogens with zero attached hydrogens (tertiary/aromatic N) is 1. The highest BCUT2D eigenvalue weighted by molar-refractivity contribution is 6.01. The Labute approximate surface area is 205 Å². The molecule has 0 bridgehead atoms. The summed E-state index contributed by atoms with van der Waals surface area (Å²) >= 11 is 0. The molecule has 0 fully saturated rings. The van der Waals surface area contributed by atoms with Crippen molar-refractivity contribution in [1.82, 2.24) is 4.90 Å². The first-order valence-corrected chi connectivity index (χ1v) is 11.6. The van der Waals surface area contributed by atoms with Crippen LogP contribution in [0.1, 0.15) is 52.4 Å². The van der Waals surface area contributed by atoms with E-state index in [2.05, 4.69) is 43.0 Å². The summed E-state index contributed by atoms with van der Waals surface area (Å²) in [5.74, 6) is 0.834. The van der Waals surface area contributed by atoms with Crippen LogP contribution < -0.4 is 4.74 Å². The van der Waals surface area contributed by atoms with Gasteiger partial charge in [0.1, 0.15) is 12.4 Å². The minimum Gasteiger partial charge on any atom is -0.492 e. The molecule has 0 aromatic heterocycles. The molecule has 0 saturated carbocycles. The first-order chi connectivity index (χ1) is 15.5. The molecule has 3 rings (SSSR count). The van der Waals surface area contributed by atoms with Gasteiger partial charge in [0.15, 0.2) is 5.78 Å². The van der Waals surface area contributed by atoms with Crippen LogP contribution in [0.15, 0.2) is 72.8 Å². The lowest BCUT2D eigenvalue weighted by atomic mass is 9.85.